The Morgan fingerprint density at radius 3 is 2.72 bits per heavy atom. The van der Waals surface area contributed by atoms with Crippen molar-refractivity contribution in [2.24, 2.45) is 0 Å². The molecule has 0 aliphatic carbocycles. The van der Waals surface area contributed by atoms with Crippen LogP contribution in [0.4, 0.5) is 0 Å². The number of hydrogen-bond donors (Lipinski definition) is 1. The first-order valence-electron chi connectivity index (χ1n) is 6.02. The van der Waals surface area contributed by atoms with Crippen LogP contribution in [0.25, 0.3) is 0 Å². The zero-order valence-electron chi connectivity index (χ0n) is 10.5. The molecule has 0 fully saturated rings. The highest BCUT2D eigenvalue weighted by Crippen LogP contribution is 2.12. The Hall–Kier alpha value is -2.10. The Morgan fingerprint density at radius 2 is 2.11 bits per heavy atom. The zero-order valence-corrected chi connectivity index (χ0v) is 10.5. The van der Waals surface area contributed by atoms with Crippen LogP contribution in [0.5, 0.6) is 0 Å². The van der Waals surface area contributed by atoms with Gasteiger partial charge in [0.2, 0.25) is 0 Å². The zero-order chi connectivity index (χ0) is 13.0. The molecule has 1 heterocycles. The van der Waals surface area contributed by atoms with E-state index in [1.807, 2.05) is 44.2 Å². The van der Waals surface area contributed by atoms with Crippen LogP contribution in [0.1, 0.15) is 41.7 Å². The van der Waals surface area contributed by atoms with Crippen LogP contribution in [0.3, 0.4) is 0 Å². The van der Waals surface area contributed by atoms with E-state index in [-0.39, 0.29) is 11.9 Å². The molecule has 2 rings (SSSR count). The normalized spacial score (nSPS) is 12.1. The Labute approximate surface area is 106 Å². The van der Waals surface area contributed by atoms with E-state index in [0.29, 0.717) is 11.5 Å². The predicted molar refractivity (Wildman–Crippen MR) is 68.2 cm³/mol. The molecule has 2 aromatic rings. The molecule has 4 heteroatoms. The number of benzene rings is 1. The molecule has 0 aliphatic heterocycles. The van der Waals surface area contributed by atoms with Crippen molar-refractivity contribution in [2.45, 2.75) is 26.3 Å². The highest BCUT2D eigenvalue weighted by atomic mass is 16.5. The third-order valence-corrected chi connectivity index (χ3v) is 2.79. The molecule has 4 nitrogen and oxygen atoms in total. The van der Waals surface area contributed by atoms with Gasteiger partial charge < -0.3 is 9.84 Å². The summed E-state index contributed by atoms with van der Waals surface area (Å²) in [4.78, 5) is 11.9. The quantitative estimate of drug-likeness (QED) is 0.899. The summed E-state index contributed by atoms with van der Waals surface area (Å²) in [5.41, 5.74) is 1.39. The van der Waals surface area contributed by atoms with Gasteiger partial charge in [0.15, 0.2) is 5.69 Å². The van der Waals surface area contributed by atoms with Gasteiger partial charge >= 0.3 is 0 Å². The molecule has 1 atom stereocenters. The van der Waals surface area contributed by atoms with Gasteiger partial charge in [-0.3, -0.25) is 4.79 Å². The molecular formula is C14H16N2O2. The number of aryl methyl sites for hydroxylation is 1. The highest BCUT2D eigenvalue weighted by molar-refractivity contribution is 5.92. The summed E-state index contributed by atoms with van der Waals surface area (Å²) in [5, 5.41) is 6.64. The second-order valence-electron chi connectivity index (χ2n) is 4.14. The van der Waals surface area contributed by atoms with Gasteiger partial charge in [-0.2, -0.15) is 0 Å². The van der Waals surface area contributed by atoms with Crippen LogP contribution < -0.4 is 5.32 Å². The van der Waals surface area contributed by atoms with Crippen LogP contribution in [-0.2, 0) is 6.42 Å². The smallest absolute Gasteiger partial charge is 0.273 e. The number of carbonyl (C=O) groups excluding carboxylic acids is 1. The van der Waals surface area contributed by atoms with Gasteiger partial charge in [0.1, 0.15) is 5.76 Å². The molecule has 1 N–H and O–H groups in total. The number of carbonyl (C=O) groups is 1. The molecule has 0 unspecified atom stereocenters. The second kappa shape index (κ2) is 5.49. The third-order valence-electron chi connectivity index (χ3n) is 2.79. The summed E-state index contributed by atoms with van der Waals surface area (Å²) in [6.07, 6.45) is 0.731. The van der Waals surface area contributed by atoms with Crippen LogP contribution in [0, 0.1) is 0 Å². The van der Waals surface area contributed by atoms with Crippen LogP contribution in [0.2, 0.25) is 0 Å². The average molecular weight is 244 g/mol. The first-order chi connectivity index (χ1) is 8.70. The third kappa shape index (κ3) is 2.77. The van der Waals surface area contributed by atoms with E-state index < -0.39 is 0 Å². The Bertz CT molecular complexity index is 520. The van der Waals surface area contributed by atoms with Crippen molar-refractivity contribution < 1.29 is 9.32 Å². The SMILES string of the molecule is CCc1cc(C(=O)N[C@@H](C)c2ccccc2)no1. The van der Waals surface area contributed by atoms with E-state index in [9.17, 15) is 4.79 Å². The van der Waals surface area contributed by atoms with Crippen molar-refractivity contribution in [1.29, 1.82) is 0 Å². The molecular weight excluding hydrogens is 228 g/mol. The Balaban J connectivity index is 2.03. The number of nitrogens with zero attached hydrogens (tertiary/aromatic N) is 1. The number of hydrogen-bond acceptors (Lipinski definition) is 3. The Kier molecular flexibility index (Phi) is 3.77. The molecule has 0 aliphatic rings. The second-order valence-corrected chi connectivity index (χ2v) is 4.14. The van der Waals surface area contributed by atoms with E-state index in [1.54, 1.807) is 6.07 Å². The van der Waals surface area contributed by atoms with E-state index in [1.165, 1.54) is 0 Å². The lowest BCUT2D eigenvalue weighted by Gasteiger charge is -2.12. The van der Waals surface area contributed by atoms with Gasteiger partial charge in [0.05, 0.1) is 6.04 Å². The first kappa shape index (κ1) is 12.4. The summed E-state index contributed by atoms with van der Waals surface area (Å²) < 4.78 is 5.01. The molecule has 0 saturated carbocycles. The van der Waals surface area contributed by atoms with Crippen LogP contribution in [0.15, 0.2) is 40.9 Å². The van der Waals surface area contributed by atoms with Crippen molar-refractivity contribution in [1.82, 2.24) is 10.5 Å². The van der Waals surface area contributed by atoms with Crippen molar-refractivity contribution in [3.05, 3.63) is 53.4 Å². The summed E-state index contributed by atoms with van der Waals surface area (Å²) in [5.74, 6) is 0.502. The minimum absolute atomic E-state index is 0.0551. The van der Waals surface area contributed by atoms with E-state index in [4.69, 9.17) is 4.52 Å². The summed E-state index contributed by atoms with van der Waals surface area (Å²) in [6.45, 7) is 3.89. The van der Waals surface area contributed by atoms with Crippen molar-refractivity contribution in [3.8, 4) is 0 Å². The van der Waals surface area contributed by atoms with E-state index in [0.717, 1.165) is 12.0 Å². The summed E-state index contributed by atoms with van der Waals surface area (Å²) >= 11 is 0. The monoisotopic (exact) mass is 244 g/mol. The predicted octanol–water partition coefficient (Wildman–Crippen LogP) is 2.73. The van der Waals surface area contributed by atoms with Gasteiger partial charge in [-0.1, -0.05) is 42.4 Å². The largest absolute Gasteiger partial charge is 0.361 e. The van der Waals surface area contributed by atoms with Gasteiger partial charge in [-0.05, 0) is 12.5 Å². The fraction of sp³-hybridized carbons (Fsp3) is 0.286. The lowest BCUT2D eigenvalue weighted by Crippen LogP contribution is -2.26. The minimum atomic E-state index is -0.213. The fourth-order valence-corrected chi connectivity index (χ4v) is 1.68. The fourth-order valence-electron chi connectivity index (χ4n) is 1.68. The number of aromatic nitrogens is 1. The van der Waals surface area contributed by atoms with Gasteiger partial charge in [0.25, 0.3) is 5.91 Å². The molecule has 18 heavy (non-hydrogen) atoms. The maximum absolute atomic E-state index is 11.9. The number of rotatable bonds is 4. The minimum Gasteiger partial charge on any atom is -0.361 e. The van der Waals surface area contributed by atoms with Gasteiger partial charge in [-0.15, -0.1) is 0 Å². The lowest BCUT2D eigenvalue weighted by atomic mass is 10.1. The lowest BCUT2D eigenvalue weighted by molar-refractivity contribution is 0.0930. The standard InChI is InChI=1S/C14H16N2O2/c1-3-12-9-13(16-18-12)14(17)15-10(2)11-7-5-4-6-8-11/h4-10H,3H2,1-2H3,(H,15,17)/t10-/m0/s1. The van der Waals surface area contributed by atoms with Crippen LogP contribution in [-0.4, -0.2) is 11.1 Å². The molecule has 0 radical (unpaired) electrons. The highest BCUT2D eigenvalue weighted by Gasteiger charge is 2.14. The van der Waals surface area contributed by atoms with Gasteiger partial charge in [-0.25, -0.2) is 0 Å². The average Bonchev–Trinajstić information content (AvgIpc) is 2.88. The van der Waals surface area contributed by atoms with Gasteiger partial charge in [0, 0.05) is 12.5 Å². The van der Waals surface area contributed by atoms with E-state index >= 15 is 0 Å². The molecule has 1 aromatic carbocycles. The molecule has 1 amide bonds. The molecule has 94 valence electrons. The number of nitrogens with one attached hydrogen (secondary N) is 1. The molecule has 1 aromatic heterocycles. The molecule has 0 spiro atoms. The van der Waals surface area contributed by atoms with Crippen molar-refractivity contribution >= 4 is 5.91 Å². The molecule has 0 bridgehead atoms. The van der Waals surface area contributed by atoms with Crippen molar-refractivity contribution in [3.63, 3.8) is 0 Å². The molecule has 0 saturated heterocycles. The number of amides is 1. The van der Waals surface area contributed by atoms with Crippen molar-refractivity contribution in [2.75, 3.05) is 0 Å². The van der Waals surface area contributed by atoms with Crippen LogP contribution >= 0.6 is 0 Å². The Morgan fingerprint density at radius 1 is 1.39 bits per heavy atom. The topological polar surface area (TPSA) is 55.1 Å². The maximum atomic E-state index is 11.9. The summed E-state index contributed by atoms with van der Waals surface area (Å²) in [7, 11) is 0. The first-order valence-corrected chi connectivity index (χ1v) is 6.02. The maximum Gasteiger partial charge on any atom is 0.273 e. The van der Waals surface area contributed by atoms with E-state index in [2.05, 4.69) is 10.5 Å². The summed E-state index contributed by atoms with van der Waals surface area (Å²) in [6, 6.07) is 11.4.